The van der Waals surface area contributed by atoms with E-state index in [0.717, 1.165) is 55.0 Å². The zero-order chi connectivity index (χ0) is 15.7. The van der Waals surface area contributed by atoms with E-state index in [0.29, 0.717) is 17.3 Å². The summed E-state index contributed by atoms with van der Waals surface area (Å²) in [6.45, 7) is 4.76. The molecule has 0 aromatic heterocycles. The number of aliphatic hydroxyl groups is 1. The fourth-order valence-electron chi connectivity index (χ4n) is 6.29. The molecule has 3 fully saturated rings. The highest BCUT2D eigenvalue weighted by atomic mass is 32.1. The number of nitrogens with one attached hydrogen (secondary N) is 1. The average molecular weight is 317 g/mol. The van der Waals surface area contributed by atoms with Gasteiger partial charge in [0, 0.05) is 22.4 Å². The molecule has 120 valence electrons. The summed E-state index contributed by atoms with van der Waals surface area (Å²) in [5, 5.41) is 18.4. The Hall–Kier alpha value is -0.540. The van der Waals surface area contributed by atoms with Crippen molar-refractivity contribution in [1.29, 1.82) is 5.41 Å². The minimum atomic E-state index is -0.360. The number of rotatable bonds is 0. The van der Waals surface area contributed by atoms with Gasteiger partial charge >= 0.3 is 0 Å². The molecule has 0 spiro atoms. The van der Waals surface area contributed by atoms with E-state index in [2.05, 4.69) is 19.9 Å². The number of fused-ring (bicyclic) bond motifs is 5. The van der Waals surface area contributed by atoms with E-state index >= 15 is 0 Å². The van der Waals surface area contributed by atoms with E-state index in [1.165, 1.54) is 12.0 Å². The number of allylic oxidation sites excluding steroid dienone is 2. The summed E-state index contributed by atoms with van der Waals surface area (Å²) in [5.41, 5.74) is 2.83. The maximum Gasteiger partial charge on any atom is 0.0860 e. The highest BCUT2D eigenvalue weighted by molar-refractivity contribution is 7.80. The summed E-state index contributed by atoms with van der Waals surface area (Å²) in [6, 6.07) is 0. The molecule has 0 aromatic carbocycles. The van der Waals surface area contributed by atoms with Crippen LogP contribution in [0.4, 0.5) is 0 Å². The molecular weight excluding hydrogens is 290 g/mol. The first-order valence-corrected chi connectivity index (χ1v) is 9.25. The average Bonchev–Trinajstić information content (AvgIpc) is 2.72. The number of aliphatic hydroxyl groups excluding tert-OH is 1. The van der Waals surface area contributed by atoms with E-state index in [-0.39, 0.29) is 11.5 Å². The molecular formula is C19H27NOS. The zero-order valence-electron chi connectivity index (χ0n) is 13.7. The van der Waals surface area contributed by atoms with Gasteiger partial charge in [0.1, 0.15) is 0 Å². The molecule has 0 radical (unpaired) electrons. The third kappa shape index (κ3) is 1.81. The van der Waals surface area contributed by atoms with Gasteiger partial charge in [0.05, 0.1) is 6.10 Å². The van der Waals surface area contributed by atoms with Crippen molar-refractivity contribution >= 4 is 22.8 Å². The van der Waals surface area contributed by atoms with E-state index in [4.69, 9.17) is 17.6 Å². The lowest BCUT2D eigenvalue weighted by Crippen LogP contribution is -2.50. The molecule has 6 atom stereocenters. The summed E-state index contributed by atoms with van der Waals surface area (Å²) >= 11 is 5.61. The van der Waals surface area contributed by atoms with Gasteiger partial charge in [-0.3, -0.25) is 0 Å². The Morgan fingerprint density at radius 2 is 2.00 bits per heavy atom. The molecule has 0 amide bonds. The molecule has 3 heteroatoms. The molecule has 0 aliphatic heterocycles. The van der Waals surface area contributed by atoms with Crippen LogP contribution in [0.5, 0.6) is 0 Å². The smallest absolute Gasteiger partial charge is 0.0860 e. The van der Waals surface area contributed by atoms with Gasteiger partial charge in [0.25, 0.3) is 0 Å². The van der Waals surface area contributed by atoms with Gasteiger partial charge in [-0.1, -0.05) is 37.7 Å². The lowest BCUT2D eigenvalue weighted by Gasteiger charge is -2.56. The number of hydrogen-bond donors (Lipinski definition) is 2. The quantitative estimate of drug-likeness (QED) is 0.516. The van der Waals surface area contributed by atoms with Crippen molar-refractivity contribution in [3.8, 4) is 0 Å². The summed E-state index contributed by atoms with van der Waals surface area (Å²) in [6.07, 6.45) is 9.53. The number of hydrogen-bond acceptors (Lipinski definition) is 3. The van der Waals surface area contributed by atoms with Crippen LogP contribution in [0.15, 0.2) is 11.6 Å². The Labute approximate surface area is 138 Å². The monoisotopic (exact) mass is 317 g/mol. The van der Waals surface area contributed by atoms with Crippen molar-refractivity contribution < 1.29 is 5.11 Å². The highest BCUT2D eigenvalue weighted by Gasteiger charge is 2.59. The lowest BCUT2D eigenvalue weighted by atomic mass is 9.48. The Morgan fingerprint density at radius 1 is 1.23 bits per heavy atom. The van der Waals surface area contributed by atoms with E-state index < -0.39 is 0 Å². The molecule has 4 aliphatic rings. The summed E-state index contributed by atoms with van der Waals surface area (Å²) in [7, 11) is 0. The van der Waals surface area contributed by atoms with E-state index in [1.807, 2.05) is 0 Å². The lowest BCUT2D eigenvalue weighted by molar-refractivity contribution is -0.00371. The second-order valence-corrected chi connectivity index (χ2v) is 9.05. The normalized spacial score (nSPS) is 51.0. The van der Waals surface area contributed by atoms with Crippen molar-refractivity contribution in [3.63, 3.8) is 0 Å². The van der Waals surface area contributed by atoms with Crippen LogP contribution < -0.4 is 0 Å². The van der Waals surface area contributed by atoms with Crippen molar-refractivity contribution in [2.75, 3.05) is 0 Å². The maximum absolute atomic E-state index is 10.3. The van der Waals surface area contributed by atoms with Gasteiger partial charge in [-0.05, 0) is 61.7 Å². The van der Waals surface area contributed by atoms with Crippen LogP contribution in [0.3, 0.4) is 0 Å². The third-order valence-corrected chi connectivity index (χ3v) is 8.45. The van der Waals surface area contributed by atoms with Crippen LogP contribution in [0.2, 0.25) is 0 Å². The van der Waals surface area contributed by atoms with Gasteiger partial charge in [-0.2, -0.15) is 0 Å². The summed E-state index contributed by atoms with van der Waals surface area (Å²) < 4.78 is 0. The molecule has 4 aliphatic carbocycles. The van der Waals surface area contributed by atoms with Crippen LogP contribution >= 0.6 is 12.2 Å². The van der Waals surface area contributed by atoms with Crippen LogP contribution in [0.25, 0.3) is 0 Å². The summed E-state index contributed by atoms with van der Waals surface area (Å²) in [4.78, 5) is 0.932. The largest absolute Gasteiger partial charge is 0.388 e. The number of thiocarbonyl (C=S) groups is 1. The predicted octanol–water partition coefficient (Wildman–Crippen LogP) is 4.31. The fourth-order valence-corrected chi connectivity index (χ4v) is 6.64. The Kier molecular flexibility index (Phi) is 3.23. The molecule has 22 heavy (non-hydrogen) atoms. The van der Waals surface area contributed by atoms with Gasteiger partial charge in [0.2, 0.25) is 0 Å². The second-order valence-electron chi connectivity index (χ2n) is 8.61. The molecule has 0 bridgehead atoms. The van der Waals surface area contributed by atoms with Crippen LogP contribution in [-0.2, 0) is 0 Å². The molecule has 0 aromatic rings. The first-order chi connectivity index (χ1) is 10.4. The molecule has 4 rings (SSSR count). The second kappa shape index (κ2) is 4.73. The molecule has 2 nitrogen and oxygen atoms in total. The minimum absolute atomic E-state index is 0.0823. The Balaban J connectivity index is 1.71. The SMILES string of the molecule is C[C@]12CCC(=N)CC1=CC[C@@H]1[C@H]2CC[C@]2(C)C(=S)C(O)C[C@@H]12. The fraction of sp³-hybridized carbons (Fsp3) is 0.789. The first-order valence-electron chi connectivity index (χ1n) is 8.84. The van der Waals surface area contributed by atoms with Gasteiger partial charge < -0.3 is 10.5 Å². The molecule has 3 saturated carbocycles. The highest BCUT2D eigenvalue weighted by Crippen LogP contribution is 2.63. The maximum atomic E-state index is 10.3. The van der Waals surface area contributed by atoms with Crippen LogP contribution in [-0.4, -0.2) is 21.8 Å². The minimum Gasteiger partial charge on any atom is -0.388 e. The Bertz CT molecular complexity index is 582. The van der Waals surface area contributed by atoms with Gasteiger partial charge in [-0.15, -0.1) is 0 Å². The van der Waals surface area contributed by atoms with Crippen LogP contribution in [0.1, 0.15) is 58.8 Å². The van der Waals surface area contributed by atoms with Gasteiger partial charge in [0.15, 0.2) is 0 Å². The van der Waals surface area contributed by atoms with Crippen molar-refractivity contribution in [3.05, 3.63) is 11.6 Å². The first kappa shape index (κ1) is 15.0. The molecule has 0 heterocycles. The Morgan fingerprint density at radius 3 is 2.77 bits per heavy atom. The van der Waals surface area contributed by atoms with Crippen molar-refractivity contribution in [2.45, 2.75) is 64.9 Å². The van der Waals surface area contributed by atoms with Crippen molar-refractivity contribution in [2.24, 2.45) is 28.6 Å². The van der Waals surface area contributed by atoms with E-state index in [1.54, 1.807) is 0 Å². The molecule has 2 N–H and O–H groups in total. The van der Waals surface area contributed by atoms with Crippen LogP contribution in [0, 0.1) is 34.0 Å². The van der Waals surface area contributed by atoms with Gasteiger partial charge in [-0.25, -0.2) is 0 Å². The molecule has 1 unspecified atom stereocenters. The summed E-state index contributed by atoms with van der Waals surface area (Å²) in [5.74, 6) is 1.96. The predicted molar refractivity (Wildman–Crippen MR) is 93.4 cm³/mol. The standard InChI is InChI=1S/C19H27NOS/c1-18-7-5-12(20)9-11(18)3-4-13-14(18)6-8-19(2)15(13)10-16(21)17(19)22/h3,13-16,20-21H,4-10H2,1-2H3/t13-,14-,15+,16?,18+,19+/m1/s1. The van der Waals surface area contributed by atoms with E-state index in [9.17, 15) is 5.11 Å². The molecule has 0 saturated heterocycles. The third-order valence-electron chi connectivity index (χ3n) is 7.71. The topological polar surface area (TPSA) is 44.1 Å². The van der Waals surface area contributed by atoms with Crippen molar-refractivity contribution in [1.82, 2.24) is 0 Å². The zero-order valence-corrected chi connectivity index (χ0v) is 14.5.